The molecular formula is C15H22O3. The largest absolute Gasteiger partial charge is 0.368 e. The summed E-state index contributed by atoms with van der Waals surface area (Å²) in [6, 6.07) is 10.2. The highest BCUT2D eigenvalue weighted by Crippen LogP contribution is 2.23. The molecule has 0 aromatic heterocycles. The van der Waals surface area contributed by atoms with Gasteiger partial charge in [0.1, 0.15) is 6.10 Å². The van der Waals surface area contributed by atoms with E-state index in [2.05, 4.69) is 32.9 Å². The lowest BCUT2D eigenvalue weighted by Gasteiger charge is -2.38. The Labute approximate surface area is 109 Å². The molecule has 1 aromatic rings. The van der Waals surface area contributed by atoms with Crippen LogP contribution in [0.5, 0.6) is 0 Å². The van der Waals surface area contributed by atoms with Crippen molar-refractivity contribution < 1.29 is 14.2 Å². The van der Waals surface area contributed by atoms with Gasteiger partial charge < -0.3 is 14.2 Å². The van der Waals surface area contributed by atoms with E-state index < -0.39 is 0 Å². The van der Waals surface area contributed by atoms with Gasteiger partial charge in [0.2, 0.25) is 0 Å². The maximum atomic E-state index is 5.94. The van der Waals surface area contributed by atoms with Gasteiger partial charge in [-0.1, -0.05) is 37.3 Å². The molecule has 1 aliphatic heterocycles. The third-order valence-electron chi connectivity index (χ3n) is 3.28. The van der Waals surface area contributed by atoms with E-state index in [4.69, 9.17) is 14.2 Å². The molecule has 2 rings (SSSR count). The van der Waals surface area contributed by atoms with Crippen LogP contribution in [0.3, 0.4) is 0 Å². The molecule has 2 atom stereocenters. The first kappa shape index (κ1) is 13.5. The molecule has 3 heteroatoms. The minimum absolute atomic E-state index is 0.00648. The van der Waals surface area contributed by atoms with E-state index in [0.29, 0.717) is 6.61 Å². The van der Waals surface area contributed by atoms with Crippen molar-refractivity contribution >= 4 is 0 Å². The average Bonchev–Trinajstić information content (AvgIpc) is 2.38. The van der Waals surface area contributed by atoms with E-state index in [1.54, 1.807) is 0 Å². The number of ether oxygens (including phenoxy) is 3. The molecule has 1 aliphatic rings. The van der Waals surface area contributed by atoms with Gasteiger partial charge in [0.25, 0.3) is 0 Å². The summed E-state index contributed by atoms with van der Waals surface area (Å²) in [5.74, 6) is 0. The number of hydrogen-bond acceptors (Lipinski definition) is 3. The van der Waals surface area contributed by atoms with Gasteiger partial charge in [-0.25, -0.2) is 0 Å². The van der Waals surface area contributed by atoms with E-state index in [1.165, 1.54) is 5.56 Å². The highest BCUT2D eigenvalue weighted by atomic mass is 16.7. The Morgan fingerprint density at radius 1 is 1.06 bits per heavy atom. The Kier molecular flexibility index (Phi) is 4.75. The molecule has 0 aliphatic carbocycles. The molecule has 0 N–H and O–H groups in total. The molecular weight excluding hydrogens is 228 g/mol. The second-order valence-corrected chi connectivity index (χ2v) is 4.78. The second-order valence-electron chi connectivity index (χ2n) is 4.78. The van der Waals surface area contributed by atoms with Crippen LogP contribution in [0, 0.1) is 0 Å². The van der Waals surface area contributed by atoms with Crippen LogP contribution in [0.1, 0.15) is 32.8 Å². The van der Waals surface area contributed by atoms with Crippen molar-refractivity contribution in [3.8, 4) is 0 Å². The lowest BCUT2D eigenvalue weighted by molar-refractivity contribution is -0.286. The predicted octanol–water partition coefficient (Wildman–Crippen LogP) is 3.13. The SMILES string of the molecule is CC[C@H]1O[C@H](C)[C@@H](OCc2ccccc2)[C@@H](C)O1. The van der Waals surface area contributed by atoms with Gasteiger partial charge in [-0.15, -0.1) is 0 Å². The second kappa shape index (κ2) is 6.32. The zero-order valence-corrected chi connectivity index (χ0v) is 11.3. The van der Waals surface area contributed by atoms with Gasteiger partial charge in [-0.3, -0.25) is 0 Å². The van der Waals surface area contributed by atoms with Gasteiger partial charge >= 0.3 is 0 Å². The van der Waals surface area contributed by atoms with E-state index in [9.17, 15) is 0 Å². The zero-order chi connectivity index (χ0) is 13.0. The molecule has 0 bridgehead atoms. The molecule has 0 amide bonds. The molecule has 100 valence electrons. The van der Waals surface area contributed by atoms with E-state index in [0.717, 1.165) is 6.42 Å². The van der Waals surface area contributed by atoms with Crippen LogP contribution in [-0.2, 0) is 20.8 Å². The molecule has 1 heterocycles. The summed E-state index contributed by atoms with van der Waals surface area (Å²) in [7, 11) is 0. The van der Waals surface area contributed by atoms with Gasteiger partial charge in [0.15, 0.2) is 6.29 Å². The van der Waals surface area contributed by atoms with Crippen molar-refractivity contribution in [1.29, 1.82) is 0 Å². The maximum absolute atomic E-state index is 5.94. The van der Waals surface area contributed by atoms with Crippen molar-refractivity contribution in [2.24, 2.45) is 0 Å². The maximum Gasteiger partial charge on any atom is 0.158 e. The fourth-order valence-electron chi connectivity index (χ4n) is 2.28. The number of hydrogen-bond donors (Lipinski definition) is 0. The van der Waals surface area contributed by atoms with E-state index in [1.807, 2.05) is 18.2 Å². The molecule has 1 saturated heterocycles. The summed E-state index contributed by atoms with van der Waals surface area (Å²) in [6.45, 7) is 6.77. The molecule has 3 nitrogen and oxygen atoms in total. The minimum atomic E-state index is -0.0911. The fourth-order valence-corrected chi connectivity index (χ4v) is 2.28. The van der Waals surface area contributed by atoms with Crippen LogP contribution in [0.4, 0.5) is 0 Å². The lowest BCUT2D eigenvalue weighted by Crippen LogP contribution is -2.48. The van der Waals surface area contributed by atoms with Crippen LogP contribution < -0.4 is 0 Å². The van der Waals surface area contributed by atoms with Crippen molar-refractivity contribution in [2.75, 3.05) is 0 Å². The van der Waals surface area contributed by atoms with Gasteiger partial charge in [-0.05, 0) is 25.8 Å². The Bertz CT molecular complexity index is 340. The van der Waals surface area contributed by atoms with Crippen molar-refractivity contribution in [3.05, 3.63) is 35.9 Å². The van der Waals surface area contributed by atoms with Crippen molar-refractivity contribution in [1.82, 2.24) is 0 Å². The Hall–Kier alpha value is -0.900. The predicted molar refractivity (Wildman–Crippen MR) is 70.2 cm³/mol. The summed E-state index contributed by atoms with van der Waals surface area (Å²) in [5.41, 5.74) is 1.18. The topological polar surface area (TPSA) is 27.7 Å². The summed E-state index contributed by atoms with van der Waals surface area (Å²) < 4.78 is 17.5. The lowest BCUT2D eigenvalue weighted by atomic mass is 10.1. The molecule has 1 aromatic carbocycles. The summed E-state index contributed by atoms with van der Waals surface area (Å²) in [5, 5.41) is 0. The van der Waals surface area contributed by atoms with E-state index in [-0.39, 0.29) is 24.6 Å². The van der Waals surface area contributed by atoms with Crippen LogP contribution in [-0.4, -0.2) is 24.6 Å². The monoisotopic (exact) mass is 250 g/mol. The van der Waals surface area contributed by atoms with E-state index >= 15 is 0 Å². The first-order valence-corrected chi connectivity index (χ1v) is 6.67. The first-order chi connectivity index (χ1) is 8.70. The Morgan fingerprint density at radius 2 is 1.67 bits per heavy atom. The minimum Gasteiger partial charge on any atom is -0.368 e. The smallest absolute Gasteiger partial charge is 0.158 e. The van der Waals surface area contributed by atoms with Crippen molar-refractivity contribution in [3.63, 3.8) is 0 Å². The van der Waals surface area contributed by atoms with Crippen LogP contribution in [0.25, 0.3) is 0 Å². The standard InChI is InChI=1S/C15H22O3/c1-4-14-17-11(2)15(12(3)18-14)16-10-13-8-6-5-7-9-13/h5-9,11-12,14-15H,4,10H2,1-3H3/t11-,12-,14-,15+/m1/s1. The molecule has 1 fully saturated rings. The molecule has 18 heavy (non-hydrogen) atoms. The zero-order valence-electron chi connectivity index (χ0n) is 11.3. The molecule has 0 spiro atoms. The van der Waals surface area contributed by atoms with Crippen LogP contribution in [0.2, 0.25) is 0 Å². The Balaban J connectivity index is 1.89. The van der Waals surface area contributed by atoms with Gasteiger partial charge in [0, 0.05) is 0 Å². The van der Waals surface area contributed by atoms with Crippen LogP contribution >= 0.6 is 0 Å². The summed E-state index contributed by atoms with van der Waals surface area (Å²) in [6.07, 6.45) is 0.921. The van der Waals surface area contributed by atoms with Crippen LogP contribution in [0.15, 0.2) is 30.3 Å². The molecule has 0 radical (unpaired) electrons. The summed E-state index contributed by atoms with van der Waals surface area (Å²) in [4.78, 5) is 0. The van der Waals surface area contributed by atoms with Gasteiger partial charge in [0.05, 0.1) is 18.8 Å². The summed E-state index contributed by atoms with van der Waals surface area (Å²) >= 11 is 0. The third kappa shape index (κ3) is 3.31. The number of benzene rings is 1. The third-order valence-corrected chi connectivity index (χ3v) is 3.28. The normalized spacial score (nSPS) is 32.4. The molecule has 0 saturated carbocycles. The average molecular weight is 250 g/mol. The van der Waals surface area contributed by atoms with Crippen molar-refractivity contribution in [2.45, 2.75) is 58.4 Å². The number of rotatable bonds is 4. The highest BCUT2D eigenvalue weighted by molar-refractivity contribution is 5.13. The Morgan fingerprint density at radius 3 is 2.22 bits per heavy atom. The quantitative estimate of drug-likeness (QED) is 0.821. The molecule has 0 unspecified atom stereocenters. The fraction of sp³-hybridized carbons (Fsp3) is 0.600. The highest BCUT2D eigenvalue weighted by Gasteiger charge is 2.34. The first-order valence-electron chi connectivity index (χ1n) is 6.67. The van der Waals surface area contributed by atoms with Gasteiger partial charge in [-0.2, -0.15) is 0 Å².